The number of carbonyl (C=O) groups is 1. The maximum Gasteiger partial charge on any atom is 0.263 e. The van der Waals surface area contributed by atoms with Crippen LogP contribution in [0.1, 0.15) is 22.5 Å². The van der Waals surface area contributed by atoms with Crippen molar-refractivity contribution < 1.29 is 9.53 Å². The van der Waals surface area contributed by atoms with Crippen molar-refractivity contribution in [1.29, 1.82) is 0 Å². The molecule has 25 heavy (non-hydrogen) atoms. The first-order chi connectivity index (χ1) is 12.2. The fourth-order valence-electron chi connectivity index (χ4n) is 3.95. The largest absolute Gasteiger partial charge is 0.496 e. The molecular formula is C19H23N3O2S. The number of aromatic nitrogens is 1. The van der Waals surface area contributed by atoms with Gasteiger partial charge < -0.3 is 15.0 Å². The Morgan fingerprint density at radius 3 is 2.88 bits per heavy atom. The van der Waals surface area contributed by atoms with Gasteiger partial charge in [0.2, 0.25) is 0 Å². The van der Waals surface area contributed by atoms with Crippen molar-refractivity contribution in [3.63, 3.8) is 0 Å². The molecule has 1 aromatic heterocycles. The second-order valence-electron chi connectivity index (χ2n) is 6.84. The van der Waals surface area contributed by atoms with Crippen molar-refractivity contribution in [3.8, 4) is 16.3 Å². The number of rotatable bonds is 5. The van der Waals surface area contributed by atoms with E-state index in [-0.39, 0.29) is 5.91 Å². The van der Waals surface area contributed by atoms with Gasteiger partial charge in [-0.25, -0.2) is 4.98 Å². The standard InChI is InChI=1S/C19H23N3O2S/c1-24-16-5-3-2-4-15(16)19-21-11-17(25-19)18(23)20-10-14-12-22-8-6-13(14)7-9-22/h2-5,11,13-14H,6-10,12H2,1H3,(H,20,23). The summed E-state index contributed by atoms with van der Waals surface area (Å²) in [5, 5.41) is 3.93. The van der Waals surface area contributed by atoms with Gasteiger partial charge in [0.05, 0.1) is 18.9 Å². The highest BCUT2D eigenvalue weighted by atomic mass is 32.1. The van der Waals surface area contributed by atoms with Gasteiger partial charge in [0.1, 0.15) is 15.6 Å². The number of carbonyl (C=O) groups excluding carboxylic acids is 1. The fourth-order valence-corrected chi connectivity index (χ4v) is 4.82. The Morgan fingerprint density at radius 1 is 1.36 bits per heavy atom. The van der Waals surface area contributed by atoms with Crippen LogP contribution in [-0.4, -0.2) is 49.1 Å². The molecule has 0 spiro atoms. The number of piperidine rings is 3. The topological polar surface area (TPSA) is 54.5 Å². The lowest BCUT2D eigenvalue weighted by Crippen LogP contribution is -2.50. The molecule has 3 fully saturated rings. The van der Waals surface area contributed by atoms with Gasteiger partial charge >= 0.3 is 0 Å². The first-order valence-corrected chi connectivity index (χ1v) is 9.66. The van der Waals surface area contributed by atoms with Crippen LogP contribution in [-0.2, 0) is 0 Å². The maximum atomic E-state index is 12.5. The zero-order chi connectivity index (χ0) is 17.2. The highest BCUT2D eigenvalue weighted by Crippen LogP contribution is 2.33. The molecule has 0 radical (unpaired) electrons. The van der Waals surface area contributed by atoms with Crippen LogP contribution in [0.5, 0.6) is 5.75 Å². The normalized spacial score (nSPS) is 24.9. The van der Waals surface area contributed by atoms with Gasteiger partial charge in [-0.2, -0.15) is 0 Å². The molecule has 2 aromatic rings. The highest BCUT2D eigenvalue weighted by molar-refractivity contribution is 7.16. The zero-order valence-corrected chi connectivity index (χ0v) is 15.2. The fraction of sp³-hybridized carbons (Fsp3) is 0.474. The first kappa shape index (κ1) is 16.5. The lowest BCUT2D eigenvalue weighted by Gasteiger charge is -2.44. The summed E-state index contributed by atoms with van der Waals surface area (Å²) in [5.74, 6) is 2.12. The molecule has 1 atom stereocenters. The maximum absolute atomic E-state index is 12.5. The van der Waals surface area contributed by atoms with Crippen LogP contribution in [0.2, 0.25) is 0 Å². The van der Waals surface area contributed by atoms with Crippen molar-refractivity contribution in [2.45, 2.75) is 12.8 Å². The average Bonchev–Trinajstić information content (AvgIpc) is 3.17. The molecule has 1 aromatic carbocycles. The number of fused-ring (bicyclic) bond motifs is 3. The van der Waals surface area contributed by atoms with E-state index in [0.29, 0.717) is 10.8 Å². The van der Waals surface area contributed by atoms with Gasteiger partial charge in [-0.15, -0.1) is 11.3 Å². The summed E-state index contributed by atoms with van der Waals surface area (Å²) in [6.07, 6.45) is 4.22. The van der Waals surface area contributed by atoms with Gasteiger partial charge in [0.15, 0.2) is 0 Å². The van der Waals surface area contributed by atoms with E-state index >= 15 is 0 Å². The number of para-hydroxylation sites is 1. The van der Waals surface area contributed by atoms with E-state index in [9.17, 15) is 4.79 Å². The highest BCUT2D eigenvalue weighted by Gasteiger charge is 2.34. The Bertz CT molecular complexity index is 753. The molecule has 0 aliphatic carbocycles. The summed E-state index contributed by atoms with van der Waals surface area (Å²) >= 11 is 1.41. The van der Waals surface area contributed by atoms with E-state index in [0.717, 1.165) is 35.3 Å². The number of ether oxygens (including phenoxy) is 1. The van der Waals surface area contributed by atoms with Crippen LogP contribution in [0.3, 0.4) is 0 Å². The predicted molar refractivity (Wildman–Crippen MR) is 99.1 cm³/mol. The molecule has 1 N–H and O–H groups in total. The Kier molecular flexibility index (Phi) is 4.72. The van der Waals surface area contributed by atoms with Gasteiger partial charge in [-0.3, -0.25) is 4.79 Å². The number of hydrogen-bond acceptors (Lipinski definition) is 5. The number of nitrogens with zero attached hydrogens (tertiary/aromatic N) is 2. The minimum absolute atomic E-state index is 0.0184. The van der Waals surface area contributed by atoms with Gasteiger partial charge in [-0.1, -0.05) is 12.1 Å². The SMILES string of the molecule is COc1ccccc1-c1ncc(C(=O)NCC2CN3CCC2CC3)s1. The lowest BCUT2D eigenvalue weighted by atomic mass is 9.79. The zero-order valence-electron chi connectivity index (χ0n) is 14.4. The van der Waals surface area contributed by atoms with Crippen LogP contribution >= 0.6 is 11.3 Å². The number of methoxy groups -OCH3 is 1. The number of hydrogen-bond donors (Lipinski definition) is 1. The molecule has 1 amide bonds. The van der Waals surface area contributed by atoms with E-state index in [1.807, 2.05) is 24.3 Å². The average molecular weight is 357 g/mol. The summed E-state index contributed by atoms with van der Waals surface area (Å²) in [4.78, 5) is 20.1. The minimum Gasteiger partial charge on any atom is -0.496 e. The summed E-state index contributed by atoms with van der Waals surface area (Å²) in [7, 11) is 1.65. The predicted octanol–water partition coefficient (Wildman–Crippen LogP) is 2.89. The summed E-state index contributed by atoms with van der Waals surface area (Å²) in [6.45, 7) is 4.35. The van der Waals surface area contributed by atoms with Crippen LogP contribution < -0.4 is 10.1 Å². The van der Waals surface area contributed by atoms with Crippen molar-refractivity contribution >= 4 is 17.2 Å². The molecule has 3 saturated heterocycles. The van der Waals surface area contributed by atoms with Gasteiger partial charge in [0.25, 0.3) is 5.91 Å². The second-order valence-corrected chi connectivity index (χ2v) is 7.87. The van der Waals surface area contributed by atoms with Crippen LogP contribution in [0.4, 0.5) is 0 Å². The molecule has 0 saturated carbocycles. The summed E-state index contributed by atoms with van der Waals surface area (Å²) < 4.78 is 5.39. The third-order valence-electron chi connectivity index (χ3n) is 5.38. The number of amides is 1. The third kappa shape index (κ3) is 3.41. The molecule has 132 valence electrons. The molecule has 6 heteroatoms. The molecule has 4 heterocycles. The quantitative estimate of drug-likeness (QED) is 0.894. The molecule has 3 aliphatic heterocycles. The van der Waals surface area contributed by atoms with Crippen LogP contribution in [0.15, 0.2) is 30.5 Å². The second kappa shape index (κ2) is 7.14. The van der Waals surface area contributed by atoms with E-state index in [1.54, 1.807) is 13.3 Å². The lowest BCUT2D eigenvalue weighted by molar-refractivity contribution is 0.0497. The Hall–Kier alpha value is -1.92. The molecule has 3 aliphatic rings. The smallest absolute Gasteiger partial charge is 0.263 e. The molecule has 5 rings (SSSR count). The number of nitrogens with one attached hydrogen (secondary N) is 1. The van der Waals surface area contributed by atoms with Crippen molar-refractivity contribution in [3.05, 3.63) is 35.3 Å². The molecule has 2 bridgehead atoms. The van der Waals surface area contributed by atoms with Crippen molar-refractivity contribution in [2.75, 3.05) is 33.3 Å². The Labute approximate surface area is 152 Å². The van der Waals surface area contributed by atoms with E-state index in [2.05, 4.69) is 15.2 Å². The van der Waals surface area contributed by atoms with Gasteiger partial charge in [-0.05, 0) is 49.9 Å². The van der Waals surface area contributed by atoms with Crippen molar-refractivity contribution in [1.82, 2.24) is 15.2 Å². The Balaban J connectivity index is 1.41. The number of thiazole rings is 1. The molecular weight excluding hydrogens is 334 g/mol. The molecule has 5 nitrogen and oxygen atoms in total. The van der Waals surface area contributed by atoms with Crippen LogP contribution in [0, 0.1) is 11.8 Å². The summed E-state index contributed by atoms with van der Waals surface area (Å²) in [5.41, 5.74) is 0.923. The van der Waals surface area contributed by atoms with Gasteiger partial charge in [0, 0.05) is 13.1 Å². The summed E-state index contributed by atoms with van der Waals surface area (Å²) in [6, 6.07) is 7.75. The van der Waals surface area contributed by atoms with E-state index < -0.39 is 0 Å². The number of benzene rings is 1. The van der Waals surface area contributed by atoms with Crippen molar-refractivity contribution in [2.24, 2.45) is 11.8 Å². The molecule has 1 unspecified atom stereocenters. The van der Waals surface area contributed by atoms with E-state index in [4.69, 9.17) is 4.74 Å². The third-order valence-corrected chi connectivity index (χ3v) is 6.41. The Morgan fingerprint density at radius 2 is 2.16 bits per heavy atom. The minimum atomic E-state index is -0.0184. The monoisotopic (exact) mass is 357 g/mol. The first-order valence-electron chi connectivity index (χ1n) is 8.84. The van der Waals surface area contributed by atoms with Crippen LogP contribution in [0.25, 0.3) is 10.6 Å². The van der Waals surface area contributed by atoms with E-state index in [1.165, 1.54) is 37.3 Å².